The molecule has 0 bridgehead atoms. The Kier molecular flexibility index (Phi) is 5.44. The zero-order valence-electron chi connectivity index (χ0n) is 13.4. The van der Waals surface area contributed by atoms with Gasteiger partial charge in [-0.3, -0.25) is 4.79 Å². The van der Waals surface area contributed by atoms with Crippen molar-refractivity contribution < 1.29 is 4.79 Å². The Hall–Kier alpha value is -0.610. The van der Waals surface area contributed by atoms with Crippen molar-refractivity contribution in [3.63, 3.8) is 0 Å². The molecule has 0 saturated carbocycles. The summed E-state index contributed by atoms with van der Waals surface area (Å²) in [6, 6.07) is 1.27. The Morgan fingerprint density at radius 1 is 1.05 bits per heavy atom. The summed E-state index contributed by atoms with van der Waals surface area (Å²) >= 11 is 0. The topological polar surface area (TPSA) is 44.4 Å². The highest BCUT2D eigenvalue weighted by atomic mass is 16.2. The van der Waals surface area contributed by atoms with Gasteiger partial charge in [-0.05, 0) is 45.2 Å². The molecule has 2 saturated heterocycles. The van der Waals surface area contributed by atoms with Gasteiger partial charge < -0.3 is 15.5 Å². The van der Waals surface area contributed by atoms with Crippen LogP contribution in [0.5, 0.6) is 0 Å². The summed E-state index contributed by atoms with van der Waals surface area (Å²) in [5, 5.41) is 7.28. The van der Waals surface area contributed by atoms with E-state index in [1.54, 1.807) is 0 Å². The Labute approximate surface area is 123 Å². The smallest absolute Gasteiger partial charge is 0.227 e. The molecular weight excluding hydrogens is 250 g/mol. The first-order valence-electron chi connectivity index (χ1n) is 8.23. The summed E-state index contributed by atoms with van der Waals surface area (Å²) in [7, 11) is 0. The molecular formula is C16H31N3O. The lowest BCUT2D eigenvalue weighted by Gasteiger charge is -2.37. The molecule has 0 aliphatic carbocycles. The van der Waals surface area contributed by atoms with Crippen LogP contribution in [-0.4, -0.2) is 49.1 Å². The van der Waals surface area contributed by atoms with Crippen molar-refractivity contribution >= 4 is 5.91 Å². The highest BCUT2D eigenvalue weighted by Crippen LogP contribution is 2.21. The van der Waals surface area contributed by atoms with Gasteiger partial charge in [0.2, 0.25) is 5.91 Å². The zero-order valence-corrected chi connectivity index (χ0v) is 13.4. The van der Waals surface area contributed by atoms with Crippen molar-refractivity contribution in [2.75, 3.05) is 26.2 Å². The number of hydrogen-bond acceptors (Lipinski definition) is 3. The van der Waals surface area contributed by atoms with E-state index in [4.69, 9.17) is 0 Å². The Balaban J connectivity index is 1.75. The van der Waals surface area contributed by atoms with Crippen LogP contribution in [0.15, 0.2) is 0 Å². The first-order valence-corrected chi connectivity index (χ1v) is 8.23. The molecule has 2 fully saturated rings. The predicted molar refractivity (Wildman–Crippen MR) is 82.7 cm³/mol. The fraction of sp³-hybridized carbons (Fsp3) is 0.938. The lowest BCUT2D eigenvalue weighted by atomic mass is 9.92. The molecule has 4 nitrogen and oxygen atoms in total. The molecule has 0 spiro atoms. The first-order chi connectivity index (χ1) is 9.47. The zero-order chi connectivity index (χ0) is 14.6. The first kappa shape index (κ1) is 15.8. The number of carbonyl (C=O) groups is 1. The molecule has 4 heteroatoms. The maximum atomic E-state index is 12.3. The maximum absolute atomic E-state index is 12.3. The van der Waals surface area contributed by atoms with E-state index in [9.17, 15) is 4.79 Å². The Bertz CT molecular complexity index is 308. The minimum absolute atomic E-state index is 0.243. The summed E-state index contributed by atoms with van der Waals surface area (Å²) in [5.74, 6) is 0.301. The van der Waals surface area contributed by atoms with Gasteiger partial charge in [0.05, 0.1) is 0 Å². The summed E-state index contributed by atoms with van der Waals surface area (Å²) < 4.78 is 0. The number of nitrogens with one attached hydrogen (secondary N) is 2. The number of rotatable bonds is 2. The minimum Gasteiger partial charge on any atom is -0.342 e. The van der Waals surface area contributed by atoms with Crippen LogP contribution in [0.2, 0.25) is 0 Å². The van der Waals surface area contributed by atoms with Crippen LogP contribution >= 0.6 is 0 Å². The molecule has 2 aliphatic heterocycles. The standard InChI is InChI=1S/C16H31N3O/c1-16(2,3)15(20)19-11-7-14(8-12-19)18-13-5-4-9-17-10-6-13/h13-14,17-18H,4-12H2,1-3H3. The number of likely N-dealkylation sites (tertiary alicyclic amines) is 1. The predicted octanol–water partition coefficient (Wildman–Crippen LogP) is 1.76. The summed E-state index contributed by atoms with van der Waals surface area (Å²) in [6.07, 6.45) is 6.01. The van der Waals surface area contributed by atoms with E-state index in [-0.39, 0.29) is 5.41 Å². The fourth-order valence-electron chi connectivity index (χ4n) is 3.24. The Morgan fingerprint density at radius 2 is 1.70 bits per heavy atom. The van der Waals surface area contributed by atoms with Gasteiger partial charge in [-0.1, -0.05) is 20.8 Å². The van der Waals surface area contributed by atoms with Gasteiger partial charge in [0.25, 0.3) is 0 Å². The molecule has 20 heavy (non-hydrogen) atoms. The average Bonchev–Trinajstić information content (AvgIpc) is 2.66. The molecule has 0 aromatic rings. The molecule has 1 amide bonds. The molecule has 0 aromatic heterocycles. The van der Waals surface area contributed by atoms with Crippen molar-refractivity contribution in [1.82, 2.24) is 15.5 Å². The summed E-state index contributed by atoms with van der Waals surface area (Å²) in [6.45, 7) is 10.2. The number of carbonyl (C=O) groups excluding carboxylic acids is 1. The highest BCUT2D eigenvalue weighted by Gasteiger charge is 2.30. The van der Waals surface area contributed by atoms with E-state index in [1.807, 2.05) is 25.7 Å². The van der Waals surface area contributed by atoms with E-state index < -0.39 is 0 Å². The lowest BCUT2D eigenvalue weighted by molar-refractivity contribution is -0.140. The van der Waals surface area contributed by atoms with Crippen LogP contribution in [0.3, 0.4) is 0 Å². The van der Waals surface area contributed by atoms with E-state index in [1.165, 1.54) is 19.3 Å². The third-order valence-electron chi connectivity index (χ3n) is 4.47. The van der Waals surface area contributed by atoms with Crippen molar-refractivity contribution in [3.05, 3.63) is 0 Å². The van der Waals surface area contributed by atoms with Crippen molar-refractivity contribution in [2.45, 2.75) is 65.0 Å². The molecule has 2 rings (SSSR count). The molecule has 116 valence electrons. The van der Waals surface area contributed by atoms with Crippen molar-refractivity contribution in [1.29, 1.82) is 0 Å². The van der Waals surface area contributed by atoms with Gasteiger partial charge >= 0.3 is 0 Å². The molecule has 0 aromatic carbocycles. The van der Waals surface area contributed by atoms with E-state index in [0.29, 0.717) is 18.0 Å². The molecule has 2 aliphatic rings. The maximum Gasteiger partial charge on any atom is 0.227 e. The Morgan fingerprint density at radius 3 is 2.35 bits per heavy atom. The van der Waals surface area contributed by atoms with E-state index >= 15 is 0 Å². The van der Waals surface area contributed by atoms with Gasteiger partial charge in [-0.25, -0.2) is 0 Å². The second kappa shape index (κ2) is 6.90. The van der Waals surface area contributed by atoms with Gasteiger partial charge in [-0.2, -0.15) is 0 Å². The van der Waals surface area contributed by atoms with Crippen LogP contribution in [-0.2, 0) is 4.79 Å². The van der Waals surface area contributed by atoms with Crippen molar-refractivity contribution in [2.24, 2.45) is 5.41 Å². The number of piperidine rings is 1. The minimum atomic E-state index is -0.243. The third kappa shape index (κ3) is 4.45. The van der Waals surface area contributed by atoms with Gasteiger partial charge in [-0.15, -0.1) is 0 Å². The molecule has 2 N–H and O–H groups in total. The summed E-state index contributed by atoms with van der Waals surface area (Å²) in [5.41, 5.74) is -0.243. The average molecular weight is 281 g/mol. The van der Waals surface area contributed by atoms with Crippen LogP contribution in [0.25, 0.3) is 0 Å². The molecule has 1 atom stereocenters. The van der Waals surface area contributed by atoms with Crippen LogP contribution in [0.1, 0.15) is 52.9 Å². The second-order valence-corrected chi connectivity index (χ2v) is 7.36. The van der Waals surface area contributed by atoms with Gasteiger partial charge in [0.15, 0.2) is 0 Å². The highest BCUT2D eigenvalue weighted by molar-refractivity contribution is 5.81. The van der Waals surface area contributed by atoms with Crippen molar-refractivity contribution in [3.8, 4) is 0 Å². The van der Waals surface area contributed by atoms with E-state index in [2.05, 4.69) is 10.6 Å². The largest absolute Gasteiger partial charge is 0.342 e. The van der Waals surface area contributed by atoms with Gasteiger partial charge in [0, 0.05) is 30.6 Å². The van der Waals surface area contributed by atoms with Crippen LogP contribution in [0, 0.1) is 5.41 Å². The number of hydrogen-bond donors (Lipinski definition) is 2. The molecule has 0 radical (unpaired) electrons. The van der Waals surface area contributed by atoms with Gasteiger partial charge in [0.1, 0.15) is 0 Å². The van der Waals surface area contributed by atoms with E-state index in [0.717, 1.165) is 39.0 Å². The fourth-order valence-corrected chi connectivity index (χ4v) is 3.24. The lowest BCUT2D eigenvalue weighted by Crippen LogP contribution is -2.50. The van der Waals surface area contributed by atoms with Crippen LogP contribution in [0.4, 0.5) is 0 Å². The quantitative estimate of drug-likeness (QED) is 0.810. The molecule has 2 heterocycles. The summed E-state index contributed by atoms with van der Waals surface area (Å²) in [4.78, 5) is 14.3. The SMILES string of the molecule is CC(C)(C)C(=O)N1CCC(NC2CCCNCC2)CC1. The third-order valence-corrected chi connectivity index (χ3v) is 4.47. The molecule has 1 unspecified atom stereocenters. The second-order valence-electron chi connectivity index (χ2n) is 7.36. The number of amides is 1. The monoisotopic (exact) mass is 281 g/mol. The normalized spacial score (nSPS) is 26.4. The number of nitrogens with zero attached hydrogens (tertiary/aromatic N) is 1. The van der Waals surface area contributed by atoms with Crippen LogP contribution < -0.4 is 10.6 Å².